The van der Waals surface area contributed by atoms with Crippen LogP contribution in [0, 0.1) is 0 Å². The Balaban J connectivity index is 1.42. The van der Waals surface area contributed by atoms with Crippen molar-refractivity contribution in [2.24, 2.45) is 0 Å². The highest BCUT2D eigenvalue weighted by Crippen LogP contribution is 2.33. The third-order valence-electron chi connectivity index (χ3n) is 6.84. The predicted octanol–water partition coefficient (Wildman–Crippen LogP) is 5.01. The van der Waals surface area contributed by atoms with Gasteiger partial charge in [0.15, 0.2) is 6.61 Å². The maximum atomic E-state index is 11.9. The Labute approximate surface area is 224 Å². The Kier molecular flexibility index (Phi) is 8.98. The first kappa shape index (κ1) is 26.9. The van der Waals surface area contributed by atoms with E-state index in [0.717, 1.165) is 48.3 Å². The number of piperidine rings is 1. The van der Waals surface area contributed by atoms with Crippen LogP contribution in [0.3, 0.4) is 0 Å². The Morgan fingerprint density at radius 2 is 1.84 bits per heavy atom. The van der Waals surface area contributed by atoms with E-state index in [1.165, 1.54) is 4.90 Å². The number of hydrogen-bond donors (Lipinski definition) is 1. The summed E-state index contributed by atoms with van der Waals surface area (Å²) in [6, 6.07) is 19.3. The van der Waals surface area contributed by atoms with Gasteiger partial charge in [0.05, 0.1) is 5.60 Å². The number of amides is 1. The van der Waals surface area contributed by atoms with Crippen molar-refractivity contribution in [2.75, 3.05) is 40.3 Å². The number of benzene rings is 2. The Bertz CT molecular complexity index is 1200. The molecule has 0 saturated carbocycles. The minimum atomic E-state index is -0.799. The number of ether oxygens (including phenoxy) is 1. The summed E-state index contributed by atoms with van der Waals surface area (Å²) in [7, 11) is 3.43. The summed E-state index contributed by atoms with van der Waals surface area (Å²) in [6.45, 7) is 2.56. The first-order valence-electron chi connectivity index (χ1n) is 12.6. The lowest BCUT2D eigenvalue weighted by Crippen LogP contribution is -2.42. The number of nitrogens with zero attached hydrogens (tertiary/aromatic N) is 3. The molecule has 0 unspecified atom stereocenters. The summed E-state index contributed by atoms with van der Waals surface area (Å²) in [5.41, 5.74) is 3.25. The fraction of sp³-hybridized carbons (Fsp3) is 0.333. The van der Waals surface area contributed by atoms with Crippen molar-refractivity contribution < 1.29 is 14.6 Å². The summed E-state index contributed by atoms with van der Waals surface area (Å²) in [5.74, 6) is 0.568. The zero-order valence-electron chi connectivity index (χ0n) is 21.4. The smallest absolute Gasteiger partial charge is 0.259 e. The number of likely N-dealkylation sites (tertiary alicyclic amines) is 1. The van der Waals surface area contributed by atoms with Gasteiger partial charge in [-0.05, 0) is 66.3 Å². The van der Waals surface area contributed by atoms with E-state index in [2.05, 4.69) is 22.0 Å². The Morgan fingerprint density at radius 1 is 1.11 bits per heavy atom. The number of aromatic nitrogens is 1. The van der Waals surface area contributed by atoms with Crippen molar-refractivity contribution in [1.29, 1.82) is 0 Å². The minimum Gasteiger partial charge on any atom is -0.484 e. The fourth-order valence-corrected chi connectivity index (χ4v) is 4.66. The zero-order chi connectivity index (χ0) is 26.3. The molecule has 1 aromatic heterocycles. The van der Waals surface area contributed by atoms with Crippen LogP contribution in [0.2, 0.25) is 5.02 Å². The normalized spacial score (nSPS) is 15.8. The molecule has 194 valence electrons. The van der Waals surface area contributed by atoms with E-state index in [1.807, 2.05) is 60.8 Å². The van der Waals surface area contributed by atoms with Crippen LogP contribution in [0.25, 0.3) is 5.57 Å². The summed E-state index contributed by atoms with van der Waals surface area (Å²) >= 11 is 6.02. The van der Waals surface area contributed by atoms with E-state index in [9.17, 15) is 9.90 Å². The van der Waals surface area contributed by atoms with Crippen LogP contribution < -0.4 is 4.74 Å². The zero-order valence-corrected chi connectivity index (χ0v) is 22.2. The molecule has 0 aliphatic carbocycles. The number of halogens is 1. The topological polar surface area (TPSA) is 65.9 Å². The summed E-state index contributed by atoms with van der Waals surface area (Å²) in [5, 5.41) is 11.9. The SMILES string of the molecule is CN(C)C(=O)COc1cccc(/C(=C/CCN2CCC(O)(c3ccc(Cl)cc3)CC2)c2cccnc2)c1. The molecule has 7 heteroatoms. The molecule has 6 nitrogen and oxygen atoms in total. The van der Waals surface area contributed by atoms with Crippen LogP contribution in [0.5, 0.6) is 5.75 Å². The second-order valence-electron chi connectivity index (χ2n) is 9.63. The van der Waals surface area contributed by atoms with Gasteiger partial charge in [-0.1, -0.05) is 48.0 Å². The standard InChI is InChI=1S/C30H34ClN3O3/c1-33(2)29(35)22-37-27-8-3-6-23(20-27)28(24-7-4-16-32-21-24)9-5-17-34-18-14-30(36,15-19-34)25-10-12-26(31)13-11-25/h3-4,6-13,16,20-21,36H,5,14-15,17-19,22H2,1-2H3/b28-9-. The summed E-state index contributed by atoms with van der Waals surface area (Å²) < 4.78 is 5.74. The van der Waals surface area contributed by atoms with E-state index in [-0.39, 0.29) is 12.5 Å². The molecule has 3 aromatic rings. The molecule has 0 bridgehead atoms. The molecule has 1 amide bonds. The van der Waals surface area contributed by atoms with Gasteiger partial charge in [-0.2, -0.15) is 0 Å². The molecule has 1 aliphatic rings. The average molecular weight is 520 g/mol. The molecule has 1 N–H and O–H groups in total. The van der Waals surface area contributed by atoms with Crippen molar-refractivity contribution in [3.63, 3.8) is 0 Å². The van der Waals surface area contributed by atoms with Crippen molar-refractivity contribution in [3.8, 4) is 5.75 Å². The molecular formula is C30H34ClN3O3. The third kappa shape index (κ3) is 7.19. The van der Waals surface area contributed by atoms with Crippen LogP contribution in [-0.2, 0) is 10.4 Å². The molecule has 37 heavy (non-hydrogen) atoms. The molecule has 2 aromatic carbocycles. The van der Waals surface area contributed by atoms with Gasteiger partial charge in [0.2, 0.25) is 0 Å². The van der Waals surface area contributed by atoms with Crippen molar-refractivity contribution in [1.82, 2.24) is 14.8 Å². The minimum absolute atomic E-state index is 0.000275. The van der Waals surface area contributed by atoms with Gasteiger partial charge in [0, 0.05) is 56.7 Å². The highest BCUT2D eigenvalue weighted by molar-refractivity contribution is 6.30. The predicted molar refractivity (Wildman–Crippen MR) is 148 cm³/mol. The number of carbonyl (C=O) groups is 1. The molecule has 0 radical (unpaired) electrons. The molecule has 0 atom stereocenters. The second kappa shape index (κ2) is 12.4. The van der Waals surface area contributed by atoms with Gasteiger partial charge in [-0.15, -0.1) is 0 Å². The third-order valence-corrected chi connectivity index (χ3v) is 7.09. The molecular weight excluding hydrogens is 486 g/mol. The van der Waals surface area contributed by atoms with Gasteiger partial charge >= 0.3 is 0 Å². The van der Waals surface area contributed by atoms with Crippen LogP contribution in [0.4, 0.5) is 0 Å². The lowest BCUT2D eigenvalue weighted by Gasteiger charge is -2.38. The van der Waals surface area contributed by atoms with Gasteiger partial charge < -0.3 is 19.6 Å². The highest BCUT2D eigenvalue weighted by atomic mass is 35.5. The molecule has 1 saturated heterocycles. The van der Waals surface area contributed by atoms with Gasteiger partial charge in [0.1, 0.15) is 5.75 Å². The molecule has 2 heterocycles. The number of rotatable bonds is 9. The van der Waals surface area contributed by atoms with Gasteiger partial charge in [0.25, 0.3) is 5.91 Å². The van der Waals surface area contributed by atoms with Crippen LogP contribution >= 0.6 is 11.6 Å². The molecule has 1 fully saturated rings. The quantitative estimate of drug-likeness (QED) is 0.430. The van der Waals surface area contributed by atoms with Crippen LogP contribution in [0.1, 0.15) is 36.0 Å². The molecule has 0 spiro atoms. The molecule has 4 rings (SSSR count). The maximum Gasteiger partial charge on any atom is 0.259 e. The van der Waals surface area contributed by atoms with E-state index >= 15 is 0 Å². The Hall–Kier alpha value is -3.19. The Morgan fingerprint density at radius 3 is 2.51 bits per heavy atom. The fourth-order valence-electron chi connectivity index (χ4n) is 4.54. The van der Waals surface area contributed by atoms with Gasteiger partial charge in [-0.25, -0.2) is 0 Å². The molecule has 1 aliphatic heterocycles. The van der Waals surface area contributed by atoms with E-state index < -0.39 is 5.60 Å². The van der Waals surface area contributed by atoms with E-state index in [1.54, 1.807) is 20.3 Å². The van der Waals surface area contributed by atoms with Gasteiger partial charge in [-0.3, -0.25) is 9.78 Å². The average Bonchev–Trinajstić information content (AvgIpc) is 2.91. The number of hydrogen-bond acceptors (Lipinski definition) is 5. The van der Waals surface area contributed by atoms with Crippen LogP contribution in [-0.4, -0.2) is 66.1 Å². The second-order valence-corrected chi connectivity index (χ2v) is 10.1. The number of likely N-dealkylation sites (N-methyl/N-ethyl adjacent to an activating group) is 1. The van der Waals surface area contributed by atoms with Crippen molar-refractivity contribution in [3.05, 3.63) is 101 Å². The van der Waals surface area contributed by atoms with Crippen molar-refractivity contribution in [2.45, 2.75) is 24.9 Å². The first-order chi connectivity index (χ1) is 17.8. The first-order valence-corrected chi connectivity index (χ1v) is 13.0. The van der Waals surface area contributed by atoms with E-state index in [4.69, 9.17) is 16.3 Å². The number of aliphatic hydroxyl groups is 1. The summed E-state index contributed by atoms with van der Waals surface area (Å²) in [6.07, 6.45) is 8.11. The highest BCUT2D eigenvalue weighted by Gasteiger charge is 2.33. The summed E-state index contributed by atoms with van der Waals surface area (Å²) in [4.78, 5) is 20.2. The lowest BCUT2D eigenvalue weighted by atomic mass is 9.84. The number of carbonyl (C=O) groups excluding carboxylic acids is 1. The lowest BCUT2D eigenvalue weighted by molar-refractivity contribution is -0.130. The maximum absolute atomic E-state index is 11.9. The van der Waals surface area contributed by atoms with E-state index in [0.29, 0.717) is 23.6 Å². The monoisotopic (exact) mass is 519 g/mol. The van der Waals surface area contributed by atoms with Crippen molar-refractivity contribution >= 4 is 23.1 Å². The van der Waals surface area contributed by atoms with Crippen LogP contribution in [0.15, 0.2) is 79.1 Å². The largest absolute Gasteiger partial charge is 0.484 e. The number of pyridine rings is 1.